The molecule has 2 rings (SSSR count). The lowest BCUT2D eigenvalue weighted by Gasteiger charge is -2.10. The first-order chi connectivity index (χ1) is 13.1. The van der Waals surface area contributed by atoms with Gasteiger partial charge in [0, 0.05) is 5.56 Å². The van der Waals surface area contributed by atoms with E-state index in [9.17, 15) is 9.59 Å². The molecule has 0 bridgehead atoms. The van der Waals surface area contributed by atoms with E-state index in [1.165, 1.54) is 0 Å². The highest BCUT2D eigenvalue weighted by atomic mass is 16.5. The molecule has 0 radical (unpaired) electrons. The monoisotopic (exact) mass is 372 g/mol. The van der Waals surface area contributed by atoms with Crippen molar-refractivity contribution in [3.8, 4) is 17.2 Å². The van der Waals surface area contributed by atoms with Gasteiger partial charge in [-0.15, -0.1) is 0 Å². The van der Waals surface area contributed by atoms with E-state index in [4.69, 9.17) is 14.2 Å². The molecule has 7 nitrogen and oxygen atoms in total. The third-order valence-electron chi connectivity index (χ3n) is 3.63. The Bertz CT molecular complexity index is 729. The first-order valence-corrected chi connectivity index (χ1v) is 8.71. The quantitative estimate of drug-likeness (QED) is 0.522. The number of methoxy groups -OCH3 is 1. The predicted octanol–water partition coefficient (Wildman–Crippen LogP) is 2.71. The normalized spacial score (nSPS) is 10.0. The highest BCUT2D eigenvalue weighted by Gasteiger charge is 2.08. The number of nitrogens with one attached hydrogen (secondary N) is 2. The standard InChI is InChI=1S/C20H24N2O5/c1-3-4-13-26-17-7-5-15(6-8-17)20(24)22-21-19(23)14-27-18-11-9-16(25-2)10-12-18/h5-12H,3-4,13-14H2,1-2H3,(H,21,23)(H,22,24). The van der Waals surface area contributed by atoms with Gasteiger partial charge in [0.25, 0.3) is 11.8 Å². The molecule has 0 fully saturated rings. The SMILES string of the molecule is CCCCOc1ccc(C(=O)NNC(=O)COc2ccc(OC)cc2)cc1. The first kappa shape index (κ1) is 20.1. The van der Waals surface area contributed by atoms with Crippen molar-refractivity contribution in [2.45, 2.75) is 19.8 Å². The number of ether oxygens (including phenoxy) is 3. The van der Waals surface area contributed by atoms with Gasteiger partial charge < -0.3 is 14.2 Å². The zero-order valence-electron chi connectivity index (χ0n) is 15.5. The van der Waals surface area contributed by atoms with Crippen LogP contribution in [-0.2, 0) is 4.79 Å². The molecule has 2 N–H and O–H groups in total. The van der Waals surface area contributed by atoms with Crippen LogP contribution in [0.2, 0.25) is 0 Å². The second kappa shape index (κ2) is 10.7. The molecule has 0 atom stereocenters. The largest absolute Gasteiger partial charge is 0.497 e. The van der Waals surface area contributed by atoms with E-state index in [-0.39, 0.29) is 6.61 Å². The molecule has 2 aromatic rings. The van der Waals surface area contributed by atoms with Gasteiger partial charge in [0.15, 0.2) is 6.61 Å². The Morgan fingerprint density at radius 1 is 0.852 bits per heavy atom. The van der Waals surface area contributed by atoms with Crippen molar-refractivity contribution < 1.29 is 23.8 Å². The van der Waals surface area contributed by atoms with E-state index in [1.54, 1.807) is 55.6 Å². The van der Waals surface area contributed by atoms with Crippen LogP contribution >= 0.6 is 0 Å². The third-order valence-corrected chi connectivity index (χ3v) is 3.63. The third kappa shape index (κ3) is 6.89. The summed E-state index contributed by atoms with van der Waals surface area (Å²) in [6.07, 6.45) is 2.04. The molecular weight excluding hydrogens is 348 g/mol. The topological polar surface area (TPSA) is 85.9 Å². The van der Waals surface area contributed by atoms with E-state index < -0.39 is 11.8 Å². The van der Waals surface area contributed by atoms with Gasteiger partial charge in [-0.3, -0.25) is 20.4 Å². The molecular formula is C20H24N2O5. The van der Waals surface area contributed by atoms with Crippen LogP contribution in [0.5, 0.6) is 17.2 Å². The average Bonchev–Trinajstić information content (AvgIpc) is 2.71. The molecule has 7 heteroatoms. The zero-order valence-corrected chi connectivity index (χ0v) is 15.5. The molecule has 0 spiro atoms. The molecule has 0 saturated carbocycles. The van der Waals surface area contributed by atoms with E-state index in [2.05, 4.69) is 17.8 Å². The van der Waals surface area contributed by atoms with E-state index in [0.717, 1.165) is 12.8 Å². The van der Waals surface area contributed by atoms with Crippen molar-refractivity contribution in [1.82, 2.24) is 10.9 Å². The predicted molar refractivity (Wildman–Crippen MR) is 101 cm³/mol. The Morgan fingerprint density at radius 3 is 2.07 bits per heavy atom. The fourth-order valence-electron chi connectivity index (χ4n) is 2.09. The molecule has 2 amide bonds. The smallest absolute Gasteiger partial charge is 0.276 e. The summed E-state index contributed by atoms with van der Waals surface area (Å²) in [5, 5.41) is 0. The minimum Gasteiger partial charge on any atom is -0.497 e. The molecule has 0 aliphatic heterocycles. The van der Waals surface area contributed by atoms with Crippen molar-refractivity contribution in [2.75, 3.05) is 20.3 Å². The molecule has 2 aromatic carbocycles. The fraction of sp³-hybridized carbons (Fsp3) is 0.300. The number of unbranched alkanes of at least 4 members (excludes halogenated alkanes) is 1. The summed E-state index contributed by atoms with van der Waals surface area (Å²) < 4.78 is 15.9. The maximum atomic E-state index is 12.0. The number of hydrogen-bond donors (Lipinski definition) is 2. The highest BCUT2D eigenvalue weighted by Crippen LogP contribution is 2.16. The summed E-state index contributed by atoms with van der Waals surface area (Å²) in [4.78, 5) is 23.8. The molecule has 0 unspecified atom stereocenters. The van der Waals surface area contributed by atoms with Crippen LogP contribution in [0.15, 0.2) is 48.5 Å². The summed E-state index contributed by atoms with van der Waals surface area (Å²) in [5.41, 5.74) is 5.07. The van der Waals surface area contributed by atoms with Crippen LogP contribution in [0.1, 0.15) is 30.1 Å². The maximum Gasteiger partial charge on any atom is 0.276 e. The maximum absolute atomic E-state index is 12.0. The van der Waals surface area contributed by atoms with Crippen LogP contribution in [0.25, 0.3) is 0 Å². The molecule has 0 aliphatic carbocycles. The first-order valence-electron chi connectivity index (χ1n) is 8.71. The Balaban J connectivity index is 1.72. The number of rotatable bonds is 9. The van der Waals surface area contributed by atoms with E-state index >= 15 is 0 Å². The number of hydrazine groups is 1. The van der Waals surface area contributed by atoms with Gasteiger partial charge >= 0.3 is 0 Å². The summed E-state index contributed by atoms with van der Waals surface area (Å²) in [6, 6.07) is 13.5. The number of amides is 2. The van der Waals surface area contributed by atoms with Gasteiger partial charge in [-0.1, -0.05) is 13.3 Å². The molecule has 0 saturated heterocycles. The van der Waals surface area contributed by atoms with Gasteiger partial charge in [-0.05, 0) is 55.0 Å². The van der Waals surface area contributed by atoms with Crippen LogP contribution < -0.4 is 25.1 Å². The number of benzene rings is 2. The summed E-state index contributed by atoms with van der Waals surface area (Å²) >= 11 is 0. The Morgan fingerprint density at radius 2 is 1.44 bits per heavy atom. The number of carbonyl (C=O) groups is 2. The molecule has 0 heterocycles. The average molecular weight is 372 g/mol. The molecule has 0 aliphatic rings. The van der Waals surface area contributed by atoms with Crippen molar-refractivity contribution in [3.63, 3.8) is 0 Å². The highest BCUT2D eigenvalue weighted by molar-refractivity contribution is 5.95. The second-order valence-electron chi connectivity index (χ2n) is 5.69. The van der Waals surface area contributed by atoms with Gasteiger partial charge in [0.1, 0.15) is 17.2 Å². The Kier molecular flexibility index (Phi) is 7.96. The van der Waals surface area contributed by atoms with E-state index in [0.29, 0.717) is 29.4 Å². The molecule has 144 valence electrons. The lowest BCUT2D eigenvalue weighted by atomic mass is 10.2. The Hall–Kier alpha value is -3.22. The minimum absolute atomic E-state index is 0.225. The molecule has 27 heavy (non-hydrogen) atoms. The number of hydrogen-bond acceptors (Lipinski definition) is 5. The lowest BCUT2D eigenvalue weighted by molar-refractivity contribution is -0.123. The summed E-state index contributed by atoms with van der Waals surface area (Å²) in [5.74, 6) is 1.03. The van der Waals surface area contributed by atoms with Gasteiger partial charge in [0.05, 0.1) is 13.7 Å². The van der Waals surface area contributed by atoms with Crippen LogP contribution in [0, 0.1) is 0 Å². The van der Waals surface area contributed by atoms with Crippen molar-refractivity contribution in [3.05, 3.63) is 54.1 Å². The van der Waals surface area contributed by atoms with Crippen molar-refractivity contribution >= 4 is 11.8 Å². The zero-order chi connectivity index (χ0) is 19.5. The summed E-state index contributed by atoms with van der Waals surface area (Å²) in [7, 11) is 1.57. The molecule has 0 aromatic heterocycles. The van der Waals surface area contributed by atoms with Crippen LogP contribution in [0.3, 0.4) is 0 Å². The number of carbonyl (C=O) groups excluding carboxylic acids is 2. The van der Waals surface area contributed by atoms with Gasteiger partial charge in [-0.2, -0.15) is 0 Å². The summed E-state index contributed by atoms with van der Waals surface area (Å²) in [6.45, 7) is 2.51. The van der Waals surface area contributed by atoms with E-state index in [1.807, 2.05) is 0 Å². The van der Waals surface area contributed by atoms with Gasteiger partial charge in [-0.25, -0.2) is 0 Å². The van der Waals surface area contributed by atoms with Gasteiger partial charge in [0.2, 0.25) is 0 Å². The Labute approximate surface area is 158 Å². The van der Waals surface area contributed by atoms with Crippen LogP contribution in [0.4, 0.5) is 0 Å². The van der Waals surface area contributed by atoms with Crippen molar-refractivity contribution in [1.29, 1.82) is 0 Å². The second-order valence-corrected chi connectivity index (χ2v) is 5.69. The fourth-order valence-corrected chi connectivity index (χ4v) is 2.09. The lowest BCUT2D eigenvalue weighted by Crippen LogP contribution is -2.43. The minimum atomic E-state index is -0.473. The van der Waals surface area contributed by atoms with Crippen LogP contribution in [-0.4, -0.2) is 32.1 Å². The van der Waals surface area contributed by atoms with Crippen molar-refractivity contribution in [2.24, 2.45) is 0 Å².